The first-order valence-electron chi connectivity index (χ1n) is 6.56. The van der Waals surface area contributed by atoms with E-state index >= 15 is 0 Å². The number of hydrogen-bond acceptors (Lipinski definition) is 3. The topological polar surface area (TPSA) is 62.5 Å². The monoisotopic (exact) mass is 273 g/mol. The molecule has 0 fully saturated rings. The van der Waals surface area contributed by atoms with Gasteiger partial charge in [-0.3, -0.25) is 4.79 Å². The molecule has 1 aromatic heterocycles. The van der Waals surface area contributed by atoms with Crippen molar-refractivity contribution in [1.82, 2.24) is 5.32 Å². The van der Waals surface area contributed by atoms with Crippen molar-refractivity contribution in [3.8, 4) is 5.75 Å². The van der Waals surface area contributed by atoms with Crippen molar-refractivity contribution >= 4 is 5.91 Å². The van der Waals surface area contributed by atoms with Gasteiger partial charge in [-0.15, -0.1) is 0 Å². The second-order valence-corrected chi connectivity index (χ2v) is 5.48. The van der Waals surface area contributed by atoms with Crippen LogP contribution >= 0.6 is 0 Å². The molecular formula is C16H19NO3. The van der Waals surface area contributed by atoms with Crippen molar-refractivity contribution in [2.45, 2.75) is 25.7 Å². The number of phenolic OH excluding ortho intramolecular Hbond substituents is 1. The van der Waals surface area contributed by atoms with Crippen molar-refractivity contribution in [3.05, 3.63) is 54.0 Å². The number of phenols is 1. The summed E-state index contributed by atoms with van der Waals surface area (Å²) in [6.45, 7) is 4.55. The summed E-state index contributed by atoms with van der Waals surface area (Å²) in [7, 11) is 0. The van der Waals surface area contributed by atoms with Gasteiger partial charge in [0.05, 0.1) is 12.7 Å². The number of benzene rings is 1. The fraction of sp³-hybridized carbons (Fsp3) is 0.312. The first-order valence-corrected chi connectivity index (χ1v) is 6.56. The minimum Gasteiger partial charge on any atom is -0.508 e. The van der Waals surface area contributed by atoms with Crippen LogP contribution in [0.15, 0.2) is 47.1 Å². The predicted octanol–water partition coefficient (Wildman–Crippen LogP) is 2.62. The Hall–Kier alpha value is -2.23. The fourth-order valence-electron chi connectivity index (χ4n) is 1.93. The predicted molar refractivity (Wildman–Crippen MR) is 76.6 cm³/mol. The molecular weight excluding hydrogens is 254 g/mol. The quantitative estimate of drug-likeness (QED) is 0.880. The first-order chi connectivity index (χ1) is 9.47. The van der Waals surface area contributed by atoms with Crippen molar-refractivity contribution in [2.75, 3.05) is 6.54 Å². The van der Waals surface area contributed by atoms with Gasteiger partial charge in [0.1, 0.15) is 11.5 Å². The Morgan fingerprint density at radius 1 is 1.25 bits per heavy atom. The lowest BCUT2D eigenvalue weighted by Gasteiger charge is -2.22. The van der Waals surface area contributed by atoms with Gasteiger partial charge in [-0.05, 0) is 29.8 Å². The summed E-state index contributed by atoms with van der Waals surface area (Å²) >= 11 is 0. The van der Waals surface area contributed by atoms with Crippen LogP contribution in [0.3, 0.4) is 0 Å². The molecule has 0 unspecified atom stereocenters. The molecule has 0 atom stereocenters. The summed E-state index contributed by atoms with van der Waals surface area (Å²) in [5.41, 5.74) is 0.629. The highest BCUT2D eigenvalue weighted by molar-refractivity contribution is 5.78. The Kier molecular flexibility index (Phi) is 4.13. The molecule has 4 heteroatoms. The standard InChI is InChI=1S/C16H19NO3/c1-16(2,14-4-3-9-20-14)11-17-15(19)10-12-5-7-13(18)8-6-12/h3-9,18H,10-11H2,1-2H3,(H,17,19). The molecule has 1 aromatic carbocycles. The normalized spacial score (nSPS) is 11.3. The van der Waals surface area contributed by atoms with Crippen LogP contribution in [0.4, 0.5) is 0 Å². The minimum absolute atomic E-state index is 0.0460. The van der Waals surface area contributed by atoms with Crippen molar-refractivity contribution < 1.29 is 14.3 Å². The zero-order chi connectivity index (χ0) is 14.6. The van der Waals surface area contributed by atoms with Crippen LogP contribution in [0.5, 0.6) is 5.75 Å². The average Bonchev–Trinajstić information content (AvgIpc) is 2.94. The average molecular weight is 273 g/mol. The third-order valence-corrected chi connectivity index (χ3v) is 3.22. The van der Waals surface area contributed by atoms with Crippen LogP contribution in [-0.2, 0) is 16.6 Å². The van der Waals surface area contributed by atoms with E-state index < -0.39 is 0 Å². The number of nitrogens with one attached hydrogen (secondary N) is 1. The molecule has 0 spiro atoms. The SMILES string of the molecule is CC(C)(CNC(=O)Cc1ccc(O)cc1)c1ccco1. The Labute approximate surface area is 118 Å². The van der Waals surface area contributed by atoms with Crippen molar-refractivity contribution in [2.24, 2.45) is 0 Å². The second-order valence-electron chi connectivity index (χ2n) is 5.48. The van der Waals surface area contributed by atoms with Gasteiger partial charge in [-0.2, -0.15) is 0 Å². The lowest BCUT2D eigenvalue weighted by Crippen LogP contribution is -2.37. The van der Waals surface area contributed by atoms with Gasteiger partial charge >= 0.3 is 0 Å². The van der Waals surface area contributed by atoms with E-state index in [-0.39, 0.29) is 17.1 Å². The molecule has 0 saturated carbocycles. The van der Waals surface area contributed by atoms with Gasteiger partial charge < -0.3 is 14.8 Å². The van der Waals surface area contributed by atoms with E-state index in [9.17, 15) is 9.90 Å². The molecule has 0 saturated heterocycles. The number of carbonyl (C=O) groups is 1. The number of aromatic hydroxyl groups is 1. The van der Waals surface area contributed by atoms with E-state index in [0.29, 0.717) is 13.0 Å². The highest BCUT2D eigenvalue weighted by atomic mass is 16.3. The van der Waals surface area contributed by atoms with Crippen LogP contribution in [-0.4, -0.2) is 17.6 Å². The maximum absolute atomic E-state index is 11.9. The highest BCUT2D eigenvalue weighted by Crippen LogP contribution is 2.22. The van der Waals surface area contributed by atoms with Gasteiger partial charge in [0.2, 0.25) is 5.91 Å². The summed E-state index contributed by atoms with van der Waals surface area (Å²) in [6.07, 6.45) is 1.93. The van der Waals surface area contributed by atoms with Crippen molar-refractivity contribution in [1.29, 1.82) is 0 Å². The Morgan fingerprint density at radius 3 is 2.55 bits per heavy atom. The number of furan rings is 1. The van der Waals surface area contributed by atoms with Gasteiger partial charge in [-0.1, -0.05) is 26.0 Å². The van der Waals surface area contributed by atoms with Crippen LogP contribution in [0.1, 0.15) is 25.2 Å². The number of rotatable bonds is 5. The maximum atomic E-state index is 11.9. The number of carbonyl (C=O) groups excluding carboxylic acids is 1. The van der Waals surface area contributed by atoms with Crippen LogP contribution in [0.2, 0.25) is 0 Å². The zero-order valence-electron chi connectivity index (χ0n) is 11.7. The van der Waals surface area contributed by atoms with Crippen LogP contribution in [0.25, 0.3) is 0 Å². The minimum atomic E-state index is -0.242. The molecule has 1 heterocycles. The molecule has 106 valence electrons. The fourth-order valence-corrected chi connectivity index (χ4v) is 1.93. The molecule has 0 aliphatic rings. The lowest BCUT2D eigenvalue weighted by atomic mass is 9.90. The van der Waals surface area contributed by atoms with Gasteiger partial charge in [0, 0.05) is 12.0 Å². The lowest BCUT2D eigenvalue weighted by molar-refractivity contribution is -0.120. The summed E-state index contributed by atoms with van der Waals surface area (Å²) < 4.78 is 5.38. The molecule has 4 nitrogen and oxygen atoms in total. The largest absolute Gasteiger partial charge is 0.508 e. The number of amides is 1. The Bertz CT molecular complexity index is 556. The van der Waals surface area contributed by atoms with E-state index in [1.165, 1.54) is 0 Å². The first kappa shape index (κ1) is 14.2. The van der Waals surface area contributed by atoms with Gasteiger partial charge in [0.15, 0.2) is 0 Å². The Balaban J connectivity index is 1.88. The van der Waals surface area contributed by atoms with E-state index in [1.54, 1.807) is 30.5 Å². The molecule has 2 aromatic rings. The molecule has 0 aliphatic heterocycles. The maximum Gasteiger partial charge on any atom is 0.224 e. The molecule has 2 N–H and O–H groups in total. The third-order valence-electron chi connectivity index (χ3n) is 3.22. The van der Waals surface area contributed by atoms with Gasteiger partial charge in [0.25, 0.3) is 0 Å². The van der Waals surface area contributed by atoms with E-state index in [0.717, 1.165) is 11.3 Å². The van der Waals surface area contributed by atoms with E-state index in [4.69, 9.17) is 4.42 Å². The molecule has 2 rings (SSSR count). The summed E-state index contributed by atoms with van der Waals surface area (Å²) in [4.78, 5) is 11.9. The van der Waals surface area contributed by atoms with E-state index in [1.807, 2.05) is 26.0 Å². The van der Waals surface area contributed by atoms with Gasteiger partial charge in [-0.25, -0.2) is 0 Å². The molecule has 0 bridgehead atoms. The smallest absolute Gasteiger partial charge is 0.224 e. The highest BCUT2D eigenvalue weighted by Gasteiger charge is 2.24. The van der Waals surface area contributed by atoms with E-state index in [2.05, 4.69) is 5.32 Å². The summed E-state index contributed by atoms with van der Waals surface area (Å²) in [5, 5.41) is 12.1. The summed E-state index contributed by atoms with van der Waals surface area (Å²) in [5.74, 6) is 1.01. The molecule has 0 radical (unpaired) electrons. The third kappa shape index (κ3) is 3.63. The molecule has 20 heavy (non-hydrogen) atoms. The number of hydrogen-bond donors (Lipinski definition) is 2. The van der Waals surface area contributed by atoms with Crippen LogP contribution in [0, 0.1) is 0 Å². The molecule has 1 amide bonds. The molecule has 0 aliphatic carbocycles. The van der Waals surface area contributed by atoms with Crippen molar-refractivity contribution in [3.63, 3.8) is 0 Å². The summed E-state index contributed by atoms with van der Waals surface area (Å²) in [6, 6.07) is 10.4. The Morgan fingerprint density at radius 2 is 1.95 bits per heavy atom. The zero-order valence-corrected chi connectivity index (χ0v) is 11.7. The second kappa shape index (κ2) is 5.82. The van der Waals surface area contributed by atoms with Crippen LogP contribution < -0.4 is 5.32 Å².